The van der Waals surface area contributed by atoms with E-state index >= 15 is 0 Å². The minimum Gasteiger partial charge on any atom is -0.496 e. The highest BCUT2D eigenvalue weighted by Crippen LogP contribution is 2.29. The van der Waals surface area contributed by atoms with E-state index in [-0.39, 0.29) is 5.75 Å². The van der Waals surface area contributed by atoms with E-state index in [0.29, 0.717) is 22.6 Å². The van der Waals surface area contributed by atoms with Gasteiger partial charge in [0.25, 0.3) is 0 Å². The van der Waals surface area contributed by atoms with Crippen LogP contribution in [0, 0.1) is 0 Å². The van der Waals surface area contributed by atoms with Crippen molar-refractivity contribution in [1.29, 1.82) is 0 Å². The van der Waals surface area contributed by atoms with Gasteiger partial charge in [0.2, 0.25) is 0 Å². The standard InChI is InChI=1S/C17H17N3O5/c1-23-13-6-4-3-5-12(13)16(21)25-14-8-7-11(9-15(14)24-2)10-19-20-17(18)22/h3-10H,1-2H3,(H3,18,20,22)/b19-10+. The van der Waals surface area contributed by atoms with Gasteiger partial charge in [0.15, 0.2) is 11.5 Å². The molecule has 0 aliphatic heterocycles. The van der Waals surface area contributed by atoms with Crippen molar-refractivity contribution < 1.29 is 23.8 Å². The smallest absolute Gasteiger partial charge is 0.347 e. The molecule has 0 atom stereocenters. The van der Waals surface area contributed by atoms with Crippen LogP contribution in [-0.2, 0) is 0 Å². The van der Waals surface area contributed by atoms with Gasteiger partial charge >= 0.3 is 12.0 Å². The van der Waals surface area contributed by atoms with E-state index in [1.165, 1.54) is 20.4 Å². The molecule has 0 heterocycles. The molecule has 0 aliphatic rings. The van der Waals surface area contributed by atoms with Crippen molar-refractivity contribution in [1.82, 2.24) is 5.43 Å². The van der Waals surface area contributed by atoms with Gasteiger partial charge in [-0.1, -0.05) is 12.1 Å². The molecule has 2 rings (SSSR count). The van der Waals surface area contributed by atoms with Crippen molar-refractivity contribution in [2.45, 2.75) is 0 Å². The summed E-state index contributed by atoms with van der Waals surface area (Å²) < 4.78 is 15.8. The molecule has 25 heavy (non-hydrogen) atoms. The maximum Gasteiger partial charge on any atom is 0.347 e. The number of esters is 1. The molecule has 0 radical (unpaired) electrons. The lowest BCUT2D eigenvalue weighted by Gasteiger charge is -2.11. The second-order valence-corrected chi connectivity index (χ2v) is 4.73. The first-order valence-corrected chi connectivity index (χ1v) is 7.17. The monoisotopic (exact) mass is 343 g/mol. The number of benzene rings is 2. The Hall–Kier alpha value is -3.55. The maximum atomic E-state index is 12.3. The van der Waals surface area contributed by atoms with E-state index < -0.39 is 12.0 Å². The second-order valence-electron chi connectivity index (χ2n) is 4.73. The number of nitrogens with one attached hydrogen (secondary N) is 1. The fourth-order valence-corrected chi connectivity index (χ4v) is 1.99. The summed E-state index contributed by atoms with van der Waals surface area (Å²) in [6, 6.07) is 10.7. The van der Waals surface area contributed by atoms with Crippen LogP contribution in [0.5, 0.6) is 17.2 Å². The van der Waals surface area contributed by atoms with Crippen molar-refractivity contribution >= 4 is 18.2 Å². The summed E-state index contributed by atoms with van der Waals surface area (Å²) in [5.41, 5.74) is 7.90. The molecular formula is C17H17N3O5. The number of hydrogen-bond acceptors (Lipinski definition) is 6. The quantitative estimate of drug-likeness (QED) is 0.360. The number of urea groups is 1. The van der Waals surface area contributed by atoms with Crippen LogP contribution in [0.15, 0.2) is 47.6 Å². The van der Waals surface area contributed by atoms with Crippen LogP contribution in [-0.4, -0.2) is 32.4 Å². The van der Waals surface area contributed by atoms with Crippen LogP contribution in [0.4, 0.5) is 4.79 Å². The Labute approximate surface area is 144 Å². The largest absolute Gasteiger partial charge is 0.496 e. The third-order valence-corrected chi connectivity index (χ3v) is 3.11. The number of para-hydroxylation sites is 1. The van der Waals surface area contributed by atoms with Gasteiger partial charge in [-0.15, -0.1) is 0 Å². The van der Waals surface area contributed by atoms with E-state index in [1.54, 1.807) is 42.5 Å². The van der Waals surface area contributed by atoms with Gasteiger partial charge in [0.1, 0.15) is 11.3 Å². The average Bonchev–Trinajstić information content (AvgIpc) is 2.62. The summed E-state index contributed by atoms with van der Waals surface area (Å²) in [4.78, 5) is 22.9. The number of ether oxygens (including phenoxy) is 3. The summed E-state index contributed by atoms with van der Waals surface area (Å²) in [6.45, 7) is 0. The lowest BCUT2D eigenvalue weighted by atomic mass is 10.2. The highest BCUT2D eigenvalue weighted by molar-refractivity contribution is 5.94. The van der Waals surface area contributed by atoms with Crippen molar-refractivity contribution in [2.24, 2.45) is 10.8 Å². The van der Waals surface area contributed by atoms with E-state index in [1.807, 2.05) is 0 Å². The molecule has 8 nitrogen and oxygen atoms in total. The molecule has 0 saturated heterocycles. The van der Waals surface area contributed by atoms with E-state index in [9.17, 15) is 9.59 Å². The van der Waals surface area contributed by atoms with E-state index in [0.717, 1.165) is 0 Å². The van der Waals surface area contributed by atoms with Gasteiger partial charge in [0.05, 0.1) is 20.4 Å². The zero-order chi connectivity index (χ0) is 18.2. The minimum absolute atomic E-state index is 0.235. The molecule has 0 saturated carbocycles. The minimum atomic E-state index is -0.773. The number of methoxy groups -OCH3 is 2. The molecule has 0 fully saturated rings. The van der Waals surface area contributed by atoms with Gasteiger partial charge in [-0.25, -0.2) is 15.0 Å². The zero-order valence-corrected chi connectivity index (χ0v) is 13.7. The number of primary amides is 1. The molecule has 130 valence electrons. The van der Waals surface area contributed by atoms with E-state index in [4.69, 9.17) is 19.9 Å². The molecule has 0 spiro atoms. The molecular weight excluding hydrogens is 326 g/mol. The highest BCUT2D eigenvalue weighted by Gasteiger charge is 2.16. The van der Waals surface area contributed by atoms with Crippen LogP contribution in [0.2, 0.25) is 0 Å². The van der Waals surface area contributed by atoms with Gasteiger partial charge in [0, 0.05) is 0 Å². The number of amides is 2. The lowest BCUT2D eigenvalue weighted by molar-refractivity contribution is 0.0726. The number of carbonyl (C=O) groups is 2. The number of rotatable bonds is 6. The Kier molecular flexibility index (Phi) is 5.94. The fraction of sp³-hybridized carbons (Fsp3) is 0.118. The Morgan fingerprint density at radius 1 is 1.04 bits per heavy atom. The van der Waals surface area contributed by atoms with Gasteiger partial charge in [-0.05, 0) is 35.9 Å². The second kappa shape index (κ2) is 8.34. The summed E-state index contributed by atoms with van der Waals surface area (Å²) in [6.07, 6.45) is 1.37. The molecule has 2 aromatic rings. The lowest BCUT2D eigenvalue weighted by Crippen LogP contribution is -2.24. The zero-order valence-electron chi connectivity index (χ0n) is 13.7. The molecule has 2 aromatic carbocycles. The molecule has 0 bridgehead atoms. The first-order valence-electron chi connectivity index (χ1n) is 7.17. The molecule has 0 unspecified atom stereocenters. The van der Waals surface area contributed by atoms with Crippen molar-refractivity contribution in [3.8, 4) is 17.2 Å². The summed E-state index contributed by atoms with van der Waals surface area (Å²) >= 11 is 0. The molecule has 0 aliphatic carbocycles. The molecule has 8 heteroatoms. The summed E-state index contributed by atoms with van der Waals surface area (Å²) in [5, 5.41) is 3.65. The van der Waals surface area contributed by atoms with Crippen molar-refractivity contribution in [3.05, 3.63) is 53.6 Å². The Morgan fingerprint density at radius 3 is 2.44 bits per heavy atom. The molecule has 0 aromatic heterocycles. The predicted molar refractivity (Wildman–Crippen MR) is 91.3 cm³/mol. The third kappa shape index (κ3) is 4.71. The summed E-state index contributed by atoms with van der Waals surface area (Å²) in [5.74, 6) is 0.394. The van der Waals surface area contributed by atoms with Crippen LogP contribution in [0.25, 0.3) is 0 Å². The first-order chi connectivity index (χ1) is 12.0. The normalized spacial score (nSPS) is 10.3. The maximum absolute atomic E-state index is 12.3. The predicted octanol–water partition coefficient (Wildman–Crippen LogP) is 1.93. The van der Waals surface area contributed by atoms with Crippen molar-refractivity contribution in [2.75, 3.05) is 14.2 Å². The molecule has 2 amide bonds. The molecule has 3 N–H and O–H groups in total. The number of hydrogen-bond donors (Lipinski definition) is 2. The Balaban J connectivity index is 2.20. The van der Waals surface area contributed by atoms with Gasteiger partial charge in [-0.3, -0.25) is 0 Å². The Morgan fingerprint density at radius 2 is 1.76 bits per heavy atom. The number of nitrogens with two attached hydrogens (primary N) is 1. The van der Waals surface area contributed by atoms with Crippen LogP contribution in [0.1, 0.15) is 15.9 Å². The van der Waals surface area contributed by atoms with Gasteiger partial charge in [-0.2, -0.15) is 5.10 Å². The number of nitrogens with zero attached hydrogens (tertiary/aromatic N) is 1. The van der Waals surface area contributed by atoms with Crippen LogP contribution >= 0.6 is 0 Å². The number of hydrazone groups is 1. The SMILES string of the molecule is COc1cc(/C=N/NC(N)=O)ccc1OC(=O)c1ccccc1OC. The van der Waals surface area contributed by atoms with Crippen molar-refractivity contribution in [3.63, 3.8) is 0 Å². The van der Waals surface area contributed by atoms with Gasteiger partial charge < -0.3 is 19.9 Å². The average molecular weight is 343 g/mol. The fourth-order valence-electron chi connectivity index (χ4n) is 1.99. The Bertz CT molecular complexity index is 805. The van der Waals surface area contributed by atoms with Crippen LogP contribution in [0.3, 0.4) is 0 Å². The van der Waals surface area contributed by atoms with Crippen LogP contribution < -0.4 is 25.4 Å². The number of carbonyl (C=O) groups excluding carboxylic acids is 2. The topological polar surface area (TPSA) is 112 Å². The first kappa shape index (κ1) is 17.8. The third-order valence-electron chi connectivity index (χ3n) is 3.11. The van der Waals surface area contributed by atoms with E-state index in [2.05, 4.69) is 10.5 Å². The summed E-state index contributed by atoms with van der Waals surface area (Å²) in [7, 11) is 2.92. The highest BCUT2D eigenvalue weighted by atomic mass is 16.6.